The van der Waals surface area contributed by atoms with E-state index in [0.29, 0.717) is 0 Å². The highest BCUT2D eigenvalue weighted by molar-refractivity contribution is 4.98. The molecular formula is C14H26N2. The number of hydrogen-bond acceptors (Lipinski definition) is 2. The van der Waals surface area contributed by atoms with E-state index in [1.54, 1.807) is 32.1 Å². The molecule has 4 rings (SSSR count). The monoisotopic (exact) mass is 222 g/mol. The minimum absolute atomic E-state index is 0.809. The van der Waals surface area contributed by atoms with Gasteiger partial charge >= 0.3 is 0 Å². The van der Waals surface area contributed by atoms with Gasteiger partial charge in [0.2, 0.25) is 0 Å². The Bertz CT molecular complexity index is 223. The van der Waals surface area contributed by atoms with Crippen LogP contribution in [0.3, 0.4) is 0 Å². The van der Waals surface area contributed by atoms with Gasteiger partial charge in [0.15, 0.2) is 0 Å². The van der Waals surface area contributed by atoms with E-state index in [1.807, 2.05) is 0 Å². The number of likely N-dealkylation sites (N-methyl/N-ethyl adjacent to an activating group) is 1. The van der Waals surface area contributed by atoms with Crippen molar-refractivity contribution in [1.82, 2.24) is 4.90 Å². The van der Waals surface area contributed by atoms with Gasteiger partial charge in [-0.1, -0.05) is 0 Å². The van der Waals surface area contributed by atoms with Gasteiger partial charge in [-0.25, -0.2) is 0 Å². The first-order valence-electron chi connectivity index (χ1n) is 7.15. The SMILES string of the molecule is CN(CCN)CC1C2CC3CC(C2)CC1C3. The van der Waals surface area contributed by atoms with Crippen LogP contribution < -0.4 is 5.73 Å². The van der Waals surface area contributed by atoms with E-state index in [1.165, 1.54) is 6.54 Å². The van der Waals surface area contributed by atoms with E-state index in [-0.39, 0.29) is 0 Å². The molecule has 2 heteroatoms. The summed E-state index contributed by atoms with van der Waals surface area (Å²) in [6.45, 7) is 3.19. The topological polar surface area (TPSA) is 29.3 Å². The van der Waals surface area contributed by atoms with Gasteiger partial charge in [0, 0.05) is 19.6 Å². The average molecular weight is 222 g/mol. The Morgan fingerprint density at radius 3 is 2.06 bits per heavy atom. The third-order valence-electron chi connectivity index (χ3n) is 5.46. The van der Waals surface area contributed by atoms with Gasteiger partial charge in [0.1, 0.15) is 0 Å². The molecule has 92 valence electrons. The third kappa shape index (κ3) is 1.91. The van der Waals surface area contributed by atoms with Crippen molar-refractivity contribution in [3.63, 3.8) is 0 Å². The Morgan fingerprint density at radius 2 is 1.56 bits per heavy atom. The lowest BCUT2D eigenvalue weighted by Crippen LogP contribution is -2.49. The van der Waals surface area contributed by atoms with Crippen LogP contribution in [0.5, 0.6) is 0 Å². The van der Waals surface area contributed by atoms with Crippen LogP contribution in [-0.4, -0.2) is 31.6 Å². The Hall–Kier alpha value is -0.0800. The van der Waals surface area contributed by atoms with Crippen molar-refractivity contribution in [1.29, 1.82) is 0 Å². The molecule has 16 heavy (non-hydrogen) atoms. The second kappa shape index (κ2) is 4.30. The molecule has 0 aromatic rings. The van der Waals surface area contributed by atoms with Crippen LogP contribution in [0, 0.1) is 29.6 Å². The molecule has 0 atom stereocenters. The summed E-state index contributed by atoms with van der Waals surface area (Å²) < 4.78 is 0. The summed E-state index contributed by atoms with van der Waals surface area (Å²) in [4.78, 5) is 2.47. The zero-order valence-electron chi connectivity index (χ0n) is 10.6. The standard InChI is InChI=1S/C14H26N2/c1-16(3-2-15)9-14-12-5-10-4-11(7-12)8-13(14)6-10/h10-14H,2-9,15H2,1H3. The molecular weight excluding hydrogens is 196 g/mol. The van der Waals surface area contributed by atoms with Crippen LogP contribution in [0.25, 0.3) is 0 Å². The van der Waals surface area contributed by atoms with Crippen molar-refractivity contribution in [2.45, 2.75) is 32.1 Å². The third-order valence-corrected chi connectivity index (χ3v) is 5.46. The fourth-order valence-corrected chi connectivity index (χ4v) is 5.01. The average Bonchev–Trinajstić information content (AvgIpc) is 2.23. The Morgan fingerprint density at radius 1 is 1.00 bits per heavy atom. The van der Waals surface area contributed by atoms with Crippen LogP contribution in [-0.2, 0) is 0 Å². The smallest absolute Gasteiger partial charge is 0.0102 e. The van der Waals surface area contributed by atoms with Gasteiger partial charge in [-0.3, -0.25) is 0 Å². The summed E-state index contributed by atoms with van der Waals surface area (Å²) >= 11 is 0. The fourth-order valence-electron chi connectivity index (χ4n) is 5.01. The number of nitrogens with zero attached hydrogens (tertiary/aromatic N) is 1. The predicted molar refractivity (Wildman–Crippen MR) is 67.1 cm³/mol. The maximum absolute atomic E-state index is 5.64. The van der Waals surface area contributed by atoms with Gasteiger partial charge in [-0.2, -0.15) is 0 Å². The molecule has 4 bridgehead atoms. The van der Waals surface area contributed by atoms with Gasteiger partial charge in [-0.05, 0) is 68.7 Å². The predicted octanol–water partition coefficient (Wildman–Crippen LogP) is 1.95. The lowest BCUT2D eigenvalue weighted by atomic mass is 9.52. The highest BCUT2D eigenvalue weighted by atomic mass is 15.1. The van der Waals surface area contributed by atoms with Gasteiger partial charge in [-0.15, -0.1) is 0 Å². The van der Waals surface area contributed by atoms with Crippen molar-refractivity contribution >= 4 is 0 Å². The van der Waals surface area contributed by atoms with E-state index in [2.05, 4.69) is 11.9 Å². The van der Waals surface area contributed by atoms with Crippen molar-refractivity contribution < 1.29 is 0 Å². The van der Waals surface area contributed by atoms with Crippen LogP contribution in [0.1, 0.15) is 32.1 Å². The summed E-state index contributed by atoms with van der Waals surface area (Å²) in [6, 6.07) is 0. The molecule has 0 radical (unpaired) electrons. The first-order chi connectivity index (χ1) is 7.76. The summed E-state index contributed by atoms with van der Waals surface area (Å²) in [5, 5.41) is 0. The second-order valence-corrected chi connectivity index (χ2v) is 6.65. The minimum atomic E-state index is 0.809. The summed E-state index contributed by atoms with van der Waals surface area (Å²) in [5.41, 5.74) is 5.64. The lowest BCUT2D eigenvalue weighted by Gasteiger charge is -2.55. The normalized spacial score (nSPS) is 45.6. The van der Waals surface area contributed by atoms with Crippen LogP contribution in [0.15, 0.2) is 0 Å². The zero-order valence-corrected chi connectivity index (χ0v) is 10.6. The highest BCUT2D eigenvalue weighted by Gasteiger charge is 2.47. The number of rotatable bonds is 4. The lowest BCUT2D eigenvalue weighted by molar-refractivity contribution is -0.0463. The quantitative estimate of drug-likeness (QED) is 0.788. The molecule has 2 N–H and O–H groups in total. The van der Waals surface area contributed by atoms with E-state index in [0.717, 1.165) is 42.7 Å². The van der Waals surface area contributed by atoms with Gasteiger partial charge in [0.25, 0.3) is 0 Å². The maximum atomic E-state index is 5.64. The molecule has 4 aliphatic rings. The first-order valence-corrected chi connectivity index (χ1v) is 7.15. The van der Waals surface area contributed by atoms with Crippen LogP contribution >= 0.6 is 0 Å². The zero-order chi connectivity index (χ0) is 11.1. The summed E-state index contributed by atoms with van der Waals surface area (Å²) in [6.07, 6.45) is 7.77. The Labute approximate surface area is 99.6 Å². The molecule has 4 saturated carbocycles. The van der Waals surface area contributed by atoms with Crippen LogP contribution in [0.4, 0.5) is 0 Å². The first kappa shape index (κ1) is 11.0. The van der Waals surface area contributed by atoms with Crippen LogP contribution in [0.2, 0.25) is 0 Å². The Kier molecular flexibility index (Phi) is 2.97. The number of hydrogen-bond donors (Lipinski definition) is 1. The van der Waals surface area contributed by atoms with Crippen molar-refractivity contribution in [2.24, 2.45) is 35.3 Å². The summed E-state index contributed by atoms with van der Waals surface area (Å²) in [7, 11) is 2.25. The molecule has 0 spiro atoms. The molecule has 0 unspecified atom stereocenters. The molecule has 2 nitrogen and oxygen atoms in total. The largest absolute Gasteiger partial charge is 0.329 e. The number of nitrogens with two attached hydrogens (primary N) is 1. The van der Waals surface area contributed by atoms with Crippen molar-refractivity contribution in [3.05, 3.63) is 0 Å². The van der Waals surface area contributed by atoms with E-state index >= 15 is 0 Å². The maximum Gasteiger partial charge on any atom is 0.0102 e. The van der Waals surface area contributed by atoms with Crippen molar-refractivity contribution in [3.8, 4) is 0 Å². The Balaban J connectivity index is 1.63. The molecule has 0 aromatic heterocycles. The van der Waals surface area contributed by atoms with E-state index in [4.69, 9.17) is 5.73 Å². The second-order valence-electron chi connectivity index (χ2n) is 6.65. The molecule has 4 fully saturated rings. The van der Waals surface area contributed by atoms with E-state index < -0.39 is 0 Å². The fraction of sp³-hybridized carbons (Fsp3) is 1.00. The van der Waals surface area contributed by atoms with Gasteiger partial charge in [0.05, 0.1) is 0 Å². The molecule has 4 aliphatic carbocycles. The highest BCUT2D eigenvalue weighted by Crippen LogP contribution is 2.56. The molecule has 0 amide bonds. The molecule has 0 saturated heterocycles. The van der Waals surface area contributed by atoms with Crippen molar-refractivity contribution in [2.75, 3.05) is 26.7 Å². The molecule has 0 heterocycles. The molecule has 0 aliphatic heterocycles. The summed E-state index contributed by atoms with van der Waals surface area (Å²) in [5.74, 6) is 5.36. The molecule has 0 aromatic carbocycles. The van der Waals surface area contributed by atoms with Gasteiger partial charge < -0.3 is 10.6 Å². The van der Waals surface area contributed by atoms with E-state index in [9.17, 15) is 0 Å². The minimum Gasteiger partial charge on any atom is -0.329 e.